The Morgan fingerprint density at radius 1 is 1.00 bits per heavy atom. The third-order valence-corrected chi connectivity index (χ3v) is 3.15. The summed E-state index contributed by atoms with van der Waals surface area (Å²) in [4.78, 5) is 23.4. The minimum atomic E-state index is -0.552. The van der Waals surface area contributed by atoms with Crippen LogP contribution in [0.5, 0.6) is 11.5 Å². The van der Waals surface area contributed by atoms with E-state index in [0.29, 0.717) is 5.75 Å². The van der Waals surface area contributed by atoms with Crippen molar-refractivity contribution in [2.45, 2.75) is 27.2 Å². The minimum absolute atomic E-state index is 0.202. The summed E-state index contributed by atoms with van der Waals surface area (Å²) in [7, 11) is 0. The Balaban J connectivity index is 2.24. The van der Waals surface area contributed by atoms with Crippen LogP contribution < -0.4 is 9.47 Å². The Hall–Kier alpha value is -2.62. The highest BCUT2D eigenvalue weighted by atomic mass is 16.5. The number of rotatable bonds is 4. The van der Waals surface area contributed by atoms with Gasteiger partial charge in [0.1, 0.15) is 17.1 Å². The van der Waals surface area contributed by atoms with Crippen molar-refractivity contribution in [1.82, 2.24) is 0 Å². The van der Waals surface area contributed by atoms with Gasteiger partial charge in [-0.25, -0.2) is 4.79 Å². The molecular formula is C18H18O4. The highest BCUT2D eigenvalue weighted by Crippen LogP contribution is 2.23. The molecule has 0 saturated heterocycles. The number of aryl methyl sites for hydroxylation is 2. The Kier molecular flexibility index (Phi) is 4.94. The molecule has 0 aromatic heterocycles. The van der Waals surface area contributed by atoms with Gasteiger partial charge in [-0.15, -0.1) is 0 Å². The van der Waals surface area contributed by atoms with Gasteiger partial charge in [-0.3, -0.25) is 4.79 Å². The van der Waals surface area contributed by atoms with Crippen LogP contribution in [0.15, 0.2) is 42.5 Å². The zero-order valence-corrected chi connectivity index (χ0v) is 12.9. The summed E-state index contributed by atoms with van der Waals surface area (Å²) in [5.74, 6) is -0.375. The fraction of sp³-hybridized carbons (Fsp3) is 0.222. The smallest absolute Gasteiger partial charge is 0.347 e. The van der Waals surface area contributed by atoms with Gasteiger partial charge < -0.3 is 9.47 Å². The van der Waals surface area contributed by atoms with Crippen molar-refractivity contribution in [3.63, 3.8) is 0 Å². The molecule has 2 rings (SSSR count). The first kappa shape index (κ1) is 15.8. The van der Waals surface area contributed by atoms with Crippen molar-refractivity contribution < 1.29 is 19.1 Å². The second-order valence-corrected chi connectivity index (χ2v) is 4.98. The van der Waals surface area contributed by atoms with Crippen molar-refractivity contribution in [1.29, 1.82) is 0 Å². The molecule has 4 heteroatoms. The summed E-state index contributed by atoms with van der Waals surface area (Å²) in [6.07, 6.45) is 0.919. The van der Waals surface area contributed by atoms with Crippen LogP contribution in [0.4, 0.5) is 0 Å². The molecule has 4 nitrogen and oxygen atoms in total. The first-order valence-corrected chi connectivity index (χ1v) is 7.09. The minimum Gasteiger partial charge on any atom is -0.426 e. The van der Waals surface area contributed by atoms with E-state index in [1.165, 1.54) is 6.92 Å². The van der Waals surface area contributed by atoms with Crippen LogP contribution in [0, 0.1) is 6.92 Å². The second-order valence-electron chi connectivity index (χ2n) is 4.98. The van der Waals surface area contributed by atoms with Crippen LogP contribution in [0.25, 0.3) is 0 Å². The highest BCUT2D eigenvalue weighted by molar-refractivity contribution is 5.95. The third-order valence-electron chi connectivity index (χ3n) is 3.15. The van der Waals surface area contributed by atoms with Crippen molar-refractivity contribution >= 4 is 11.9 Å². The van der Waals surface area contributed by atoms with Crippen molar-refractivity contribution in [3.05, 3.63) is 59.2 Å². The summed E-state index contributed by atoms with van der Waals surface area (Å²) >= 11 is 0. The van der Waals surface area contributed by atoms with E-state index in [2.05, 4.69) is 6.92 Å². The monoisotopic (exact) mass is 298 g/mol. The molecule has 0 saturated carbocycles. The van der Waals surface area contributed by atoms with Gasteiger partial charge >= 0.3 is 11.9 Å². The molecule has 0 amide bonds. The molecule has 0 aliphatic heterocycles. The molecule has 114 valence electrons. The van der Waals surface area contributed by atoms with Crippen molar-refractivity contribution in [3.8, 4) is 11.5 Å². The van der Waals surface area contributed by atoms with Crippen LogP contribution in [0.3, 0.4) is 0 Å². The fourth-order valence-electron chi connectivity index (χ4n) is 2.00. The van der Waals surface area contributed by atoms with Gasteiger partial charge in [-0.2, -0.15) is 0 Å². The molecule has 0 aliphatic rings. The number of hydrogen-bond acceptors (Lipinski definition) is 4. The second kappa shape index (κ2) is 6.89. The summed E-state index contributed by atoms with van der Waals surface area (Å²) in [6.45, 7) is 5.20. The molecule has 0 aliphatic carbocycles. The average molecular weight is 298 g/mol. The molecule has 2 aromatic carbocycles. The molecule has 0 heterocycles. The maximum absolute atomic E-state index is 12.3. The maximum Gasteiger partial charge on any atom is 0.347 e. The van der Waals surface area contributed by atoms with Gasteiger partial charge in [0.05, 0.1) is 0 Å². The molecule has 0 bridgehead atoms. The first-order chi connectivity index (χ1) is 10.5. The van der Waals surface area contributed by atoms with Crippen LogP contribution in [-0.4, -0.2) is 11.9 Å². The van der Waals surface area contributed by atoms with Gasteiger partial charge in [0.15, 0.2) is 0 Å². The molecule has 0 N–H and O–H groups in total. The predicted molar refractivity (Wildman–Crippen MR) is 83.3 cm³/mol. The van der Waals surface area contributed by atoms with Gasteiger partial charge in [-0.1, -0.05) is 25.1 Å². The zero-order valence-electron chi connectivity index (χ0n) is 12.9. The summed E-state index contributed by atoms with van der Waals surface area (Å²) in [5.41, 5.74) is 2.27. The van der Waals surface area contributed by atoms with E-state index in [0.717, 1.165) is 17.5 Å². The average Bonchev–Trinajstić information content (AvgIpc) is 2.49. The van der Waals surface area contributed by atoms with Crippen LogP contribution in [-0.2, 0) is 11.2 Å². The van der Waals surface area contributed by atoms with Gasteiger partial charge in [0.2, 0.25) is 0 Å². The molecule has 0 spiro atoms. The van der Waals surface area contributed by atoms with E-state index in [4.69, 9.17) is 9.47 Å². The lowest BCUT2D eigenvalue weighted by Crippen LogP contribution is -2.13. The summed E-state index contributed by atoms with van der Waals surface area (Å²) in [6, 6.07) is 12.3. The summed E-state index contributed by atoms with van der Waals surface area (Å²) < 4.78 is 10.4. The maximum atomic E-state index is 12.3. The number of benzene rings is 2. The Bertz CT molecular complexity index is 687. The van der Waals surface area contributed by atoms with Gasteiger partial charge in [0.25, 0.3) is 0 Å². The zero-order chi connectivity index (χ0) is 16.1. The number of esters is 2. The lowest BCUT2D eigenvalue weighted by atomic mass is 10.1. The molecule has 0 atom stereocenters. The molecule has 22 heavy (non-hydrogen) atoms. The number of carbonyl (C=O) groups is 2. The molecule has 0 unspecified atom stereocenters. The standard InChI is InChI=1S/C18H18O4/c1-4-14-6-8-15(9-7-14)22-18(20)16-11-12(2)5-10-17(16)21-13(3)19/h5-11H,4H2,1-3H3. The highest BCUT2D eigenvalue weighted by Gasteiger charge is 2.16. The molecule has 0 radical (unpaired) electrons. The van der Waals surface area contributed by atoms with Crippen LogP contribution in [0.1, 0.15) is 35.3 Å². The van der Waals surface area contributed by atoms with E-state index in [9.17, 15) is 9.59 Å². The van der Waals surface area contributed by atoms with E-state index >= 15 is 0 Å². The fourth-order valence-corrected chi connectivity index (χ4v) is 2.00. The molecule has 2 aromatic rings. The topological polar surface area (TPSA) is 52.6 Å². The predicted octanol–water partition coefficient (Wildman–Crippen LogP) is 3.70. The van der Waals surface area contributed by atoms with E-state index < -0.39 is 11.9 Å². The Labute approximate surface area is 129 Å². The largest absolute Gasteiger partial charge is 0.426 e. The number of carbonyl (C=O) groups excluding carboxylic acids is 2. The summed E-state index contributed by atoms with van der Waals surface area (Å²) in [5, 5.41) is 0. The third kappa shape index (κ3) is 3.95. The van der Waals surface area contributed by atoms with Crippen LogP contribution in [0.2, 0.25) is 0 Å². The molecular weight excluding hydrogens is 280 g/mol. The van der Waals surface area contributed by atoms with E-state index in [-0.39, 0.29) is 11.3 Å². The number of ether oxygens (including phenoxy) is 2. The van der Waals surface area contributed by atoms with Crippen LogP contribution >= 0.6 is 0 Å². The van der Waals surface area contributed by atoms with Crippen molar-refractivity contribution in [2.75, 3.05) is 0 Å². The van der Waals surface area contributed by atoms with E-state index in [1.807, 2.05) is 19.1 Å². The molecule has 0 fully saturated rings. The number of hydrogen-bond donors (Lipinski definition) is 0. The van der Waals surface area contributed by atoms with Gasteiger partial charge in [-0.05, 0) is 48.7 Å². The van der Waals surface area contributed by atoms with E-state index in [1.54, 1.807) is 30.3 Å². The van der Waals surface area contributed by atoms with Gasteiger partial charge in [0, 0.05) is 6.92 Å². The van der Waals surface area contributed by atoms with Crippen molar-refractivity contribution in [2.24, 2.45) is 0 Å². The Morgan fingerprint density at radius 3 is 2.27 bits per heavy atom. The lowest BCUT2D eigenvalue weighted by Gasteiger charge is -2.10. The normalized spacial score (nSPS) is 10.1. The first-order valence-electron chi connectivity index (χ1n) is 7.09. The quantitative estimate of drug-likeness (QED) is 0.638. The SMILES string of the molecule is CCc1ccc(OC(=O)c2cc(C)ccc2OC(C)=O)cc1. The Morgan fingerprint density at radius 2 is 1.68 bits per heavy atom. The lowest BCUT2D eigenvalue weighted by molar-refractivity contribution is -0.131.